The highest BCUT2D eigenvalue weighted by atomic mass is 32.1. The monoisotopic (exact) mass is 248 g/mol. The SMILES string of the molecule is O=C(Nc1ccsc1C(=O)O)c1ccncc1. The zero-order chi connectivity index (χ0) is 12.3. The smallest absolute Gasteiger partial charge is 0.348 e. The van der Waals surface area contributed by atoms with E-state index in [4.69, 9.17) is 5.11 Å². The van der Waals surface area contributed by atoms with Crippen LogP contribution in [0.4, 0.5) is 5.69 Å². The Labute approximate surface area is 101 Å². The summed E-state index contributed by atoms with van der Waals surface area (Å²) in [5, 5.41) is 13.1. The Morgan fingerprint density at radius 1 is 1.24 bits per heavy atom. The lowest BCUT2D eigenvalue weighted by atomic mass is 10.2. The average molecular weight is 248 g/mol. The van der Waals surface area contributed by atoms with Crippen LogP contribution in [-0.4, -0.2) is 22.0 Å². The second kappa shape index (κ2) is 4.75. The summed E-state index contributed by atoms with van der Waals surface area (Å²) in [7, 11) is 0. The van der Waals surface area contributed by atoms with E-state index in [2.05, 4.69) is 10.3 Å². The molecule has 0 aliphatic carbocycles. The second-order valence-corrected chi connectivity index (χ2v) is 4.07. The summed E-state index contributed by atoms with van der Waals surface area (Å²) in [4.78, 5) is 26.5. The number of carboxylic acid groups (broad SMARTS) is 1. The van der Waals surface area contributed by atoms with Gasteiger partial charge in [-0.15, -0.1) is 11.3 Å². The molecule has 5 nitrogen and oxygen atoms in total. The molecule has 0 unspecified atom stereocenters. The van der Waals surface area contributed by atoms with Gasteiger partial charge < -0.3 is 10.4 Å². The first-order chi connectivity index (χ1) is 8.18. The number of hydrogen-bond donors (Lipinski definition) is 2. The van der Waals surface area contributed by atoms with E-state index >= 15 is 0 Å². The normalized spacial score (nSPS) is 9.88. The fourth-order valence-corrected chi connectivity index (χ4v) is 1.96. The highest BCUT2D eigenvalue weighted by Gasteiger charge is 2.14. The largest absolute Gasteiger partial charge is 0.477 e. The fourth-order valence-electron chi connectivity index (χ4n) is 1.27. The van der Waals surface area contributed by atoms with Gasteiger partial charge in [0.05, 0.1) is 5.69 Å². The summed E-state index contributed by atoms with van der Waals surface area (Å²) >= 11 is 1.07. The third-order valence-electron chi connectivity index (χ3n) is 2.05. The molecule has 2 aromatic rings. The van der Waals surface area contributed by atoms with Crippen LogP contribution in [-0.2, 0) is 0 Å². The minimum atomic E-state index is -1.05. The van der Waals surface area contributed by atoms with Crippen molar-refractivity contribution in [1.82, 2.24) is 4.98 Å². The van der Waals surface area contributed by atoms with Gasteiger partial charge in [-0.2, -0.15) is 0 Å². The molecule has 0 aliphatic heterocycles. The number of carbonyl (C=O) groups excluding carboxylic acids is 1. The van der Waals surface area contributed by atoms with Crippen molar-refractivity contribution >= 4 is 28.9 Å². The Hall–Kier alpha value is -2.21. The Balaban J connectivity index is 2.19. The van der Waals surface area contributed by atoms with Crippen LogP contribution >= 0.6 is 11.3 Å². The number of carbonyl (C=O) groups is 2. The van der Waals surface area contributed by atoms with Crippen molar-refractivity contribution in [3.8, 4) is 0 Å². The minimum absolute atomic E-state index is 0.118. The average Bonchev–Trinajstić information content (AvgIpc) is 2.78. The molecule has 0 spiro atoms. The van der Waals surface area contributed by atoms with Gasteiger partial charge in [0.25, 0.3) is 5.91 Å². The van der Waals surface area contributed by atoms with Gasteiger partial charge in [-0.25, -0.2) is 4.79 Å². The van der Waals surface area contributed by atoms with E-state index in [0.717, 1.165) is 11.3 Å². The lowest BCUT2D eigenvalue weighted by Gasteiger charge is -2.03. The van der Waals surface area contributed by atoms with Gasteiger partial charge in [0, 0.05) is 18.0 Å². The Bertz CT molecular complexity index is 551. The first-order valence-corrected chi connectivity index (χ1v) is 5.58. The third kappa shape index (κ3) is 2.48. The van der Waals surface area contributed by atoms with Gasteiger partial charge in [-0.3, -0.25) is 9.78 Å². The van der Waals surface area contributed by atoms with E-state index in [1.54, 1.807) is 23.6 Å². The van der Waals surface area contributed by atoms with Crippen LogP contribution in [0.25, 0.3) is 0 Å². The maximum atomic E-state index is 11.8. The molecule has 0 fully saturated rings. The van der Waals surface area contributed by atoms with Crippen molar-refractivity contribution in [1.29, 1.82) is 0 Å². The van der Waals surface area contributed by atoms with Gasteiger partial charge in [0.15, 0.2) is 0 Å². The van der Waals surface area contributed by atoms with Crippen molar-refractivity contribution in [2.75, 3.05) is 5.32 Å². The van der Waals surface area contributed by atoms with E-state index in [1.165, 1.54) is 12.4 Å². The first kappa shape index (κ1) is 11.3. The molecule has 2 N–H and O–H groups in total. The van der Waals surface area contributed by atoms with Crippen molar-refractivity contribution < 1.29 is 14.7 Å². The number of thiophene rings is 1. The lowest BCUT2D eigenvalue weighted by Crippen LogP contribution is -2.13. The molecule has 0 saturated heterocycles. The number of pyridine rings is 1. The van der Waals surface area contributed by atoms with E-state index in [1.807, 2.05) is 0 Å². The fraction of sp³-hybridized carbons (Fsp3) is 0. The van der Waals surface area contributed by atoms with E-state index in [0.29, 0.717) is 11.3 Å². The number of carboxylic acids is 1. The molecule has 0 aromatic carbocycles. The molecule has 0 atom stereocenters. The molecule has 86 valence electrons. The summed E-state index contributed by atoms with van der Waals surface area (Å²) in [6, 6.07) is 4.68. The molecule has 0 aliphatic rings. The molecule has 6 heteroatoms. The summed E-state index contributed by atoms with van der Waals surface area (Å²) < 4.78 is 0. The summed E-state index contributed by atoms with van der Waals surface area (Å²) in [6.45, 7) is 0. The van der Waals surface area contributed by atoms with Gasteiger partial charge in [0.1, 0.15) is 4.88 Å². The summed E-state index contributed by atoms with van der Waals surface area (Å²) in [5.74, 6) is -1.40. The van der Waals surface area contributed by atoms with E-state index in [9.17, 15) is 9.59 Å². The predicted molar refractivity (Wildman–Crippen MR) is 63.5 cm³/mol. The van der Waals surface area contributed by atoms with Gasteiger partial charge in [-0.1, -0.05) is 0 Å². The predicted octanol–water partition coefficient (Wildman–Crippen LogP) is 2.09. The number of rotatable bonds is 3. The van der Waals surface area contributed by atoms with Crippen LogP contribution in [0.2, 0.25) is 0 Å². The molecule has 0 saturated carbocycles. The number of anilines is 1. The number of nitrogens with zero attached hydrogens (tertiary/aromatic N) is 1. The van der Waals surface area contributed by atoms with Crippen LogP contribution in [0.1, 0.15) is 20.0 Å². The molecule has 17 heavy (non-hydrogen) atoms. The molecule has 2 heterocycles. The Kier molecular flexibility index (Phi) is 3.15. The second-order valence-electron chi connectivity index (χ2n) is 3.16. The number of hydrogen-bond acceptors (Lipinski definition) is 4. The van der Waals surface area contributed by atoms with Crippen LogP contribution < -0.4 is 5.32 Å². The van der Waals surface area contributed by atoms with Crippen LogP contribution in [0.5, 0.6) is 0 Å². The highest BCUT2D eigenvalue weighted by molar-refractivity contribution is 7.12. The van der Waals surface area contributed by atoms with Crippen LogP contribution in [0.15, 0.2) is 36.0 Å². The zero-order valence-electron chi connectivity index (χ0n) is 8.58. The van der Waals surface area contributed by atoms with Crippen molar-refractivity contribution in [3.63, 3.8) is 0 Å². The lowest BCUT2D eigenvalue weighted by molar-refractivity contribution is 0.0703. The van der Waals surface area contributed by atoms with E-state index < -0.39 is 5.97 Å². The van der Waals surface area contributed by atoms with Gasteiger partial charge in [0.2, 0.25) is 0 Å². The maximum absolute atomic E-state index is 11.8. The molecule has 0 radical (unpaired) electrons. The maximum Gasteiger partial charge on any atom is 0.348 e. The van der Waals surface area contributed by atoms with E-state index in [-0.39, 0.29) is 10.8 Å². The summed E-state index contributed by atoms with van der Waals surface area (Å²) in [5.41, 5.74) is 0.742. The number of nitrogens with one attached hydrogen (secondary N) is 1. The molecule has 1 amide bonds. The van der Waals surface area contributed by atoms with Crippen molar-refractivity contribution in [2.24, 2.45) is 0 Å². The Morgan fingerprint density at radius 2 is 1.94 bits per heavy atom. The molecular weight excluding hydrogens is 240 g/mol. The van der Waals surface area contributed by atoms with Gasteiger partial charge in [-0.05, 0) is 23.6 Å². The molecule has 2 rings (SSSR count). The van der Waals surface area contributed by atoms with Crippen molar-refractivity contribution in [2.45, 2.75) is 0 Å². The molecule has 2 aromatic heterocycles. The number of amides is 1. The Morgan fingerprint density at radius 3 is 2.59 bits per heavy atom. The number of aromatic carboxylic acids is 1. The van der Waals surface area contributed by atoms with Gasteiger partial charge >= 0.3 is 5.97 Å². The quantitative estimate of drug-likeness (QED) is 0.871. The number of aromatic nitrogens is 1. The topological polar surface area (TPSA) is 79.3 Å². The molecule has 0 bridgehead atoms. The zero-order valence-corrected chi connectivity index (χ0v) is 9.40. The standard InChI is InChI=1S/C11H8N2O3S/c14-10(7-1-4-12-5-2-7)13-8-3-6-17-9(8)11(15)16/h1-6H,(H,13,14)(H,15,16). The first-order valence-electron chi connectivity index (χ1n) is 4.70. The highest BCUT2D eigenvalue weighted by Crippen LogP contribution is 2.22. The molecular formula is C11H8N2O3S. The third-order valence-corrected chi connectivity index (χ3v) is 2.95. The summed E-state index contributed by atoms with van der Waals surface area (Å²) in [6.07, 6.45) is 3.00. The van der Waals surface area contributed by atoms with Crippen molar-refractivity contribution in [3.05, 3.63) is 46.4 Å². The van der Waals surface area contributed by atoms with Crippen LogP contribution in [0.3, 0.4) is 0 Å². The minimum Gasteiger partial charge on any atom is -0.477 e. The van der Waals surface area contributed by atoms with Crippen LogP contribution in [0, 0.1) is 0 Å².